The van der Waals surface area contributed by atoms with E-state index in [1.54, 1.807) is 11.8 Å². The van der Waals surface area contributed by atoms with Gasteiger partial charge in [0.15, 0.2) is 6.10 Å². The van der Waals surface area contributed by atoms with Crippen molar-refractivity contribution in [3.05, 3.63) is 65.7 Å². The summed E-state index contributed by atoms with van der Waals surface area (Å²) in [6.45, 7) is 4.63. The molecule has 5 heteroatoms. The third kappa shape index (κ3) is 6.77. The minimum atomic E-state index is -0.638. The van der Waals surface area contributed by atoms with Crippen LogP contribution in [0.25, 0.3) is 0 Å². The van der Waals surface area contributed by atoms with Gasteiger partial charge in [-0.2, -0.15) is 0 Å². The summed E-state index contributed by atoms with van der Waals surface area (Å²) in [5.41, 5.74) is 7.62. The summed E-state index contributed by atoms with van der Waals surface area (Å²) in [4.78, 5) is 25.7. The van der Waals surface area contributed by atoms with Crippen molar-refractivity contribution in [3.63, 3.8) is 0 Å². The van der Waals surface area contributed by atoms with Gasteiger partial charge in [-0.15, -0.1) is 0 Å². The fourth-order valence-electron chi connectivity index (χ4n) is 2.80. The molecule has 0 bridgehead atoms. The lowest BCUT2D eigenvalue weighted by molar-refractivity contribution is -0.138. The van der Waals surface area contributed by atoms with Crippen LogP contribution in [0.1, 0.15) is 31.4 Å². The molecule has 1 atom stereocenters. The molecule has 0 heterocycles. The molecule has 144 valence electrons. The Labute approximate surface area is 161 Å². The van der Waals surface area contributed by atoms with Crippen molar-refractivity contribution in [2.45, 2.75) is 39.2 Å². The van der Waals surface area contributed by atoms with Gasteiger partial charge in [0.1, 0.15) is 5.75 Å². The van der Waals surface area contributed by atoms with Crippen LogP contribution in [-0.4, -0.2) is 35.9 Å². The maximum atomic E-state index is 12.9. The number of carbonyl (C=O) groups is 2. The molecule has 2 aromatic rings. The smallest absolute Gasteiger partial charge is 0.263 e. The van der Waals surface area contributed by atoms with E-state index in [4.69, 9.17) is 10.5 Å². The minimum Gasteiger partial charge on any atom is -0.481 e. The Morgan fingerprint density at radius 1 is 1.00 bits per heavy atom. The van der Waals surface area contributed by atoms with Crippen LogP contribution >= 0.6 is 0 Å². The van der Waals surface area contributed by atoms with E-state index in [1.807, 2.05) is 54.6 Å². The van der Waals surface area contributed by atoms with Gasteiger partial charge in [-0.1, -0.05) is 49.4 Å². The lowest BCUT2D eigenvalue weighted by atomic mass is 10.1. The highest BCUT2D eigenvalue weighted by Crippen LogP contribution is 2.15. The summed E-state index contributed by atoms with van der Waals surface area (Å²) in [6.07, 6.45) is 1.16. The molecule has 2 amide bonds. The number of rotatable bonds is 10. The zero-order valence-corrected chi connectivity index (χ0v) is 16.1. The molecule has 0 aromatic heterocycles. The topological polar surface area (TPSA) is 72.6 Å². The number of amides is 2. The Balaban J connectivity index is 2.00. The van der Waals surface area contributed by atoms with E-state index in [2.05, 4.69) is 6.92 Å². The Kier molecular flexibility index (Phi) is 7.86. The lowest BCUT2D eigenvalue weighted by Crippen LogP contribution is -2.43. The Morgan fingerprint density at radius 3 is 2.26 bits per heavy atom. The summed E-state index contributed by atoms with van der Waals surface area (Å²) >= 11 is 0. The molecule has 2 aromatic carbocycles. The molecule has 0 radical (unpaired) electrons. The molecular weight excluding hydrogens is 340 g/mol. The van der Waals surface area contributed by atoms with Crippen LogP contribution in [0.4, 0.5) is 0 Å². The Hall–Kier alpha value is -2.82. The molecule has 0 aliphatic carbocycles. The fourth-order valence-corrected chi connectivity index (χ4v) is 2.80. The van der Waals surface area contributed by atoms with E-state index in [-0.39, 0.29) is 12.3 Å². The Morgan fingerprint density at radius 2 is 1.67 bits per heavy atom. The first-order valence-corrected chi connectivity index (χ1v) is 9.36. The molecule has 0 saturated heterocycles. The molecule has 0 aliphatic rings. The van der Waals surface area contributed by atoms with E-state index in [0.29, 0.717) is 25.3 Å². The monoisotopic (exact) mass is 368 g/mol. The predicted molar refractivity (Wildman–Crippen MR) is 106 cm³/mol. The van der Waals surface area contributed by atoms with Gasteiger partial charge < -0.3 is 15.4 Å². The number of benzene rings is 2. The van der Waals surface area contributed by atoms with Gasteiger partial charge in [-0.25, -0.2) is 0 Å². The Bertz CT molecular complexity index is 729. The average molecular weight is 368 g/mol. The van der Waals surface area contributed by atoms with Crippen molar-refractivity contribution < 1.29 is 14.3 Å². The summed E-state index contributed by atoms with van der Waals surface area (Å²) in [7, 11) is 0. The molecule has 1 unspecified atom stereocenters. The molecule has 0 spiro atoms. The molecule has 2 N–H and O–H groups in total. The SMILES string of the molecule is CCc1ccc(OC(C)C(=O)N(CCC(N)=O)CCc2ccccc2)cc1. The van der Waals surface area contributed by atoms with E-state index < -0.39 is 12.0 Å². The zero-order valence-electron chi connectivity index (χ0n) is 16.1. The molecular formula is C22H28N2O3. The van der Waals surface area contributed by atoms with Crippen molar-refractivity contribution >= 4 is 11.8 Å². The predicted octanol–water partition coefficient (Wildman–Crippen LogP) is 2.96. The maximum Gasteiger partial charge on any atom is 0.263 e. The van der Waals surface area contributed by atoms with Crippen LogP contribution in [0.3, 0.4) is 0 Å². The molecule has 0 aliphatic heterocycles. The number of ether oxygens (including phenoxy) is 1. The van der Waals surface area contributed by atoms with Gasteiger partial charge in [0.05, 0.1) is 0 Å². The highest BCUT2D eigenvalue weighted by atomic mass is 16.5. The first-order chi connectivity index (χ1) is 13.0. The number of nitrogens with two attached hydrogens (primary N) is 1. The highest BCUT2D eigenvalue weighted by Gasteiger charge is 2.22. The standard InChI is InChI=1S/C22H28N2O3/c1-3-18-9-11-20(12-10-18)27-17(2)22(26)24(16-14-21(23)25)15-13-19-7-5-4-6-8-19/h4-12,17H,3,13-16H2,1-2H3,(H2,23,25). The van der Waals surface area contributed by atoms with Crippen LogP contribution in [0, 0.1) is 0 Å². The number of carbonyl (C=O) groups excluding carboxylic acids is 2. The summed E-state index contributed by atoms with van der Waals surface area (Å²) in [5.74, 6) is 0.0916. The van der Waals surface area contributed by atoms with E-state index in [9.17, 15) is 9.59 Å². The minimum absolute atomic E-state index is 0.137. The van der Waals surface area contributed by atoms with Crippen molar-refractivity contribution in [2.24, 2.45) is 5.73 Å². The second kappa shape index (κ2) is 10.4. The normalized spacial score (nSPS) is 11.6. The van der Waals surface area contributed by atoms with E-state index in [0.717, 1.165) is 12.0 Å². The number of aryl methyl sites for hydroxylation is 1. The van der Waals surface area contributed by atoms with Gasteiger partial charge >= 0.3 is 0 Å². The van der Waals surface area contributed by atoms with Gasteiger partial charge in [0.2, 0.25) is 5.91 Å². The van der Waals surface area contributed by atoms with Crippen LogP contribution in [0.5, 0.6) is 5.75 Å². The molecule has 2 rings (SSSR count). The molecule has 27 heavy (non-hydrogen) atoms. The third-order valence-corrected chi connectivity index (χ3v) is 4.45. The highest BCUT2D eigenvalue weighted by molar-refractivity contribution is 5.82. The second-order valence-electron chi connectivity index (χ2n) is 6.53. The van der Waals surface area contributed by atoms with Gasteiger partial charge in [0.25, 0.3) is 5.91 Å². The van der Waals surface area contributed by atoms with Crippen LogP contribution < -0.4 is 10.5 Å². The summed E-state index contributed by atoms with van der Waals surface area (Å²) in [5, 5.41) is 0. The summed E-state index contributed by atoms with van der Waals surface area (Å²) in [6, 6.07) is 17.7. The number of nitrogens with zero attached hydrogens (tertiary/aromatic N) is 1. The van der Waals surface area contributed by atoms with Crippen molar-refractivity contribution in [3.8, 4) is 5.75 Å². The lowest BCUT2D eigenvalue weighted by Gasteiger charge is -2.26. The van der Waals surface area contributed by atoms with Gasteiger partial charge in [0, 0.05) is 19.5 Å². The second-order valence-corrected chi connectivity index (χ2v) is 6.53. The summed E-state index contributed by atoms with van der Waals surface area (Å²) < 4.78 is 5.81. The number of hydrogen-bond donors (Lipinski definition) is 1. The molecule has 0 saturated carbocycles. The maximum absolute atomic E-state index is 12.9. The van der Waals surface area contributed by atoms with E-state index >= 15 is 0 Å². The number of primary amides is 1. The van der Waals surface area contributed by atoms with Crippen LogP contribution in [-0.2, 0) is 22.4 Å². The first kappa shape index (κ1) is 20.5. The molecule has 0 fully saturated rings. The zero-order chi connectivity index (χ0) is 19.6. The van der Waals surface area contributed by atoms with E-state index in [1.165, 1.54) is 5.56 Å². The van der Waals surface area contributed by atoms with Crippen LogP contribution in [0.15, 0.2) is 54.6 Å². The van der Waals surface area contributed by atoms with Gasteiger partial charge in [-0.3, -0.25) is 9.59 Å². The molecule has 5 nitrogen and oxygen atoms in total. The largest absolute Gasteiger partial charge is 0.481 e. The number of hydrogen-bond acceptors (Lipinski definition) is 3. The van der Waals surface area contributed by atoms with Crippen molar-refractivity contribution in [1.82, 2.24) is 4.90 Å². The van der Waals surface area contributed by atoms with Crippen molar-refractivity contribution in [2.75, 3.05) is 13.1 Å². The third-order valence-electron chi connectivity index (χ3n) is 4.45. The fraction of sp³-hybridized carbons (Fsp3) is 0.364. The first-order valence-electron chi connectivity index (χ1n) is 9.36. The van der Waals surface area contributed by atoms with Gasteiger partial charge in [-0.05, 0) is 43.0 Å². The van der Waals surface area contributed by atoms with Crippen molar-refractivity contribution in [1.29, 1.82) is 0 Å². The quantitative estimate of drug-likeness (QED) is 0.701. The van der Waals surface area contributed by atoms with Crippen LogP contribution in [0.2, 0.25) is 0 Å². The average Bonchev–Trinajstić information content (AvgIpc) is 2.68.